The van der Waals surface area contributed by atoms with E-state index in [-0.39, 0.29) is 0 Å². The van der Waals surface area contributed by atoms with Crippen LogP contribution in [-0.4, -0.2) is 26.6 Å². The van der Waals surface area contributed by atoms with Crippen LogP contribution < -0.4 is 4.90 Å². The lowest BCUT2D eigenvalue weighted by molar-refractivity contribution is 0.544. The van der Waals surface area contributed by atoms with Crippen LogP contribution in [0.5, 0.6) is 0 Å². The standard InChI is InChI=1S/C17H17N5O/c1-3-13-9-16(22-17(20-13)18-11-19-22)21(2)10-14-8-12-6-4-5-7-15(12)23-14/h4-9,11H,3,10H2,1-2H3. The van der Waals surface area contributed by atoms with Gasteiger partial charge in [-0.05, 0) is 18.6 Å². The van der Waals surface area contributed by atoms with E-state index in [9.17, 15) is 0 Å². The zero-order valence-corrected chi connectivity index (χ0v) is 13.1. The molecule has 0 amide bonds. The van der Waals surface area contributed by atoms with E-state index in [2.05, 4.69) is 39.0 Å². The normalized spacial score (nSPS) is 11.4. The quantitative estimate of drug-likeness (QED) is 0.580. The Hall–Kier alpha value is -2.89. The molecule has 116 valence electrons. The fourth-order valence-electron chi connectivity index (χ4n) is 2.73. The van der Waals surface area contributed by atoms with Gasteiger partial charge in [0.15, 0.2) is 0 Å². The van der Waals surface area contributed by atoms with E-state index in [4.69, 9.17) is 4.42 Å². The summed E-state index contributed by atoms with van der Waals surface area (Å²) < 4.78 is 7.66. The Morgan fingerprint density at radius 3 is 2.91 bits per heavy atom. The number of fused-ring (bicyclic) bond motifs is 2. The molecule has 23 heavy (non-hydrogen) atoms. The Bertz CT molecular complexity index is 938. The maximum Gasteiger partial charge on any atom is 0.254 e. The largest absolute Gasteiger partial charge is 0.459 e. The number of hydrogen-bond donors (Lipinski definition) is 0. The Morgan fingerprint density at radius 1 is 1.22 bits per heavy atom. The van der Waals surface area contributed by atoms with Crippen molar-refractivity contribution in [3.05, 3.63) is 54.2 Å². The Morgan fingerprint density at radius 2 is 2.09 bits per heavy atom. The van der Waals surface area contributed by atoms with Crippen LogP contribution in [0.25, 0.3) is 16.7 Å². The predicted octanol–water partition coefficient (Wildman–Crippen LogP) is 3.07. The maximum absolute atomic E-state index is 5.91. The van der Waals surface area contributed by atoms with Gasteiger partial charge >= 0.3 is 0 Å². The molecule has 3 aromatic heterocycles. The van der Waals surface area contributed by atoms with Gasteiger partial charge in [-0.1, -0.05) is 25.1 Å². The van der Waals surface area contributed by atoms with Crippen molar-refractivity contribution in [1.82, 2.24) is 19.6 Å². The second-order valence-electron chi connectivity index (χ2n) is 5.54. The van der Waals surface area contributed by atoms with Crippen molar-refractivity contribution in [3.8, 4) is 0 Å². The van der Waals surface area contributed by atoms with Crippen molar-refractivity contribution >= 4 is 22.6 Å². The molecule has 0 bridgehead atoms. The first-order valence-electron chi connectivity index (χ1n) is 7.63. The number of para-hydroxylation sites is 1. The third-order valence-corrected chi connectivity index (χ3v) is 3.91. The topological polar surface area (TPSA) is 59.5 Å². The molecule has 0 aliphatic heterocycles. The van der Waals surface area contributed by atoms with E-state index >= 15 is 0 Å². The summed E-state index contributed by atoms with van der Waals surface area (Å²) in [4.78, 5) is 10.8. The number of aryl methyl sites for hydroxylation is 1. The number of hydrogen-bond acceptors (Lipinski definition) is 5. The van der Waals surface area contributed by atoms with E-state index < -0.39 is 0 Å². The van der Waals surface area contributed by atoms with Gasteiger partial charge in [0.25, 0.3) is 5.78 Å². The van der Waals surface area contributed by atoms with Crippen LogP contribution in [-0.2, 0) is 13.0 Å². The van der Waals surface area contributed by atoms with Gasteiger partial charge in [-0.3, -0.25) is 0 Å². The van der Waals surface area contributed by atoms with Crippen molar-refractivity contribution in [3.63, 3.8) is 0 Å². The van der Waals surface area contributed by atoms with Crippen molar-refractivity contribution in [2.45, 2.75) is 19.9 Å². The molecule has 0 saturated heterocycles. The van der Waals surface area contributed by atoms with Crippen LogP contribution in [0.3, 0.4) is 0 Å². The molecule has 6 nitrogen and oxygen atoms in total. The maximum atomic E-state index is 5.91. The highest BCUT2D eigenvalue weighted by atomic mass is 16.3. The van der Waals surface area contributed by atoms with Crippen molar-refractivity contribution in [2.75, 3.05) is 11.9 Å². The molecule has 0 unspecified atom stereocenters. The van der Waals surface area contributed by atoms with Gasteiger partial charge in [-0.2, -0.15) is 14.6 Å². The highest BCUT2D eigenvalue weighted by Crippen LogP contribution is 2.22. The third-order valence-electron chi connectivity index (χ3n) is 3.91. The zero-order chi connectivity index (χ0) is 15.8. The fraction of sp³-hybridized carbons (Fsp3) is 0.235. The zero-order valence-electron chi connectivity index (χ0n) is 13.1. The second kappa shape index (κ2) is 5.39. The van der Waals surface area contributed by atoms with Crippen LogP contribution in [0.4, 0.5) is 5.82 Å². The number of aromatic nitrogens is 4. The van der Waals surface area contributed by atoms with Gasteiger partial charge in [0.05, 0.1) is 6.54 Å². The fourth-order valence-corrected chi connectivity index (χ4v) is 2.73. The molecule has 4 aromatic rings. The molecule has 0 aliphatic carbocycles. The lowest BCUT2D eigenvalue weighted by Crippen LogP contribution is -2.20. The van der Waals surface area contributed by atoms with Gasteiger partial charge in [0.1, 0.15) is 23.5 Å². The SMILES string of the molecule is CCc1cc(N(C)Cc2cc3ccccc3o2)n2ncnc2n1. The molecular formula is C17H17N5O. The third kappa shape index (κ3) is 2.42. The smallest absolute Gasteiger partial charge is 0.254 e. The lowest BCUT2D eigenvalue weighted by atomic mass is 10.2. The average Bonchev–Trinajstić information content (AvgIpc) is 3.19. The molecule has 0 saturated carbocycles. The van der Waals surface area contributed by atoms with Gasteiger partial charge in [0, 0.05) is 24.2 Å². The predicted molar refractivity (Wildman–Crippen MR) is 88.5 cm³/mol. The van der Waals surface area contributed by atoms with Crippen LogP contribution in [0.15, 0.2) is 47.1 Å². The van der Waals surface area contributed by atoms with Gasteiger partial charge < -0.3 is 9.32 Å². The molecule has 3 heterocycles. The van der Waals surface area contributed by atoms with E-state index in [1.54, 1.807) is 4.52 Å². The molecule has 0 spiro atoms. The minimum Gasteiger partial charge on any atom is -0.459 e. The summed E-state index contributed by atoms with van der Waals surface area (Å²) in [7, 11) is 2.02. The highest BCUT2D eigenvalue weighted by Gasteiger charge is 2.13. The molecule has 1 aromatic carbocycles. The van der Waals surface area contributed by atoms with Crippen molar-refractivity contribution in [1.29, 1.82) is 0 Å². The molecule has 0 fully saturated rings. The van der Waals surface area contributed by atoms with Crippen molar-refractivity contribution in [2.24, 2.45) is 0 Å². The second-order valence-corrected chi connectivity index (χ2v) is 5.54. The van der Waals surface area contributed by atoms with E-state index in [0.717, 1.165) is 34.7 Å². The monoisotopic (exact) mass is 307 g/mol. The molecule has 0 atom stereocenters. The summed E-state index contributed by atoms with van der Waals surface area (Å²) in [5.74, 6) is 2.48. The first-order valence-corrected chi connectivity index (χ1v) is 7.63. The number of anilines is 1. The average molecular weight is 307 g/mol. The van der Waals surface area contributed by atoms with Gasteiger partial charge in [-0.25, -0.2) is 4.98 Å². The molecule has 0 radical (unpaired) electrons. The highest BCUT2D eigenvalue weighted by molar-refractivity contribution is 5.77. The summed E-state index contributed by atoms with van der Waals surface area (Å²) in [6.45, 7) is 2.73. The summed E-state index contributed by atoms with van der Waals surface area (Å²) in [6, 6.07) is 12.2. The first kappa shape index (κ1) is 13.8. The van der Waals surface area contributed by atoms with E-state index in [1.807, 2.05) is 31.3 Å². The number of furan rings is 1. The van der Waals surface area contributed by atoms with Crippen LogP contribution in [0, 0.1) is 0 Å². The summed E-state index contributed by atoms with van der Waals surface area (Å²) in [5.41, 5.74) is 1.91. The Labute approximate surface area is 133 Å². The lowest BCUT2D eigenvalue weighted by Gasteiger charge is -2.19. The molecular weight excluding hydrogens is 290 g/mol. The van der Waals surface area contributed by atoms with Crippen LogP contribution >= 0.6 is 0 Å². The van der Waals surface area contributed by atoms with Gasteiger partial charge in [-0.15, -0.1) is 0 Å². The van der Waals surface area contributed by atoms with Crippen LogP contribution in [0.1, 0.15) is 18.4 Å². The molecule has 6 heteroatoms. The Kier molecular flexibility index (Phi) is 3.22. The molecule has 0 N–H and O–H groups in total. The van der Waals surface area contributed by atoms with Crippen LogP contribution in [0.2, 0.25) is 0 Å². The summed E-state index contributed by atoms with van der Waals surface area (Å²) in [6.07, 6.45) is 2.38. The Balaban J connectivity index is 1.71. The first-order chi connectivity index (χ1) is 11.2. The van der Waals surface area contributed by atoms with E-state index in [0.29, 0.717) is 12.3 Å². The van der Waals surface area contributed by atoms with Crippen molar-refractivity contribution < 1.29 is 4.42 Å². The number of nitrogens with zero attached hydrogens (tertiary/aromatic N) is 5. The van der Waals surface area contributed by atoms with E-state index in [1.165, 1.54) is 6.33 Å². The number of benzene rings is 1. The summed E-state index contributed by atoms with van der Waals surface area (Å²) >= 11 is 0. The molecule has 4 rings (SSSR count). The van der Waals surface area contributed by atoms with Gasteiger partial charge in [0.2, 0.25) is 0 Å². The minimum absolute atomic E-state index is 0.621. The summed E-state index contributed by atoms with van der Waals surface area (Å²) in [5, 5.41) is 5.39. The minimum atomic E-state index is 0.621. The molecule has 0 aliphatic rings. The number of rotatable bonds is 4.